The summed E-state index contributed by atoms with van der Waals surface area (Å²) in [6.07, 6.45) is 0. The van der Waals surface area contributed by atoms with Crippen molar-refractivity contribution in [1.29, 1.82) is 0 Å². The molecule has 0 bridgehead atoms. The van der Waals surface area contributed by atoms with Gasteiger partial charge in [0, 0.05) is 16.1 Å². The third kappa shape index (κ3) is 3.84. The fraction of sp³-hybridized carbons (Fsp3) is 0.455. The topological polar surface area (TPSA) is 34.1 Å². The Morgan fingerprint density at radius 1 is 1.20 bits per heavy atom. The first-order valence-electron chi connectivity index (χ1n) is 4.70. The number of aryl methyl sites for hydroxylation is 1. The third-order valence-corrected chi connectivity index (χ3v) is 3.76. The molecule has 2 nitrogen and oxygen atoms in total. The first-order chi connectivity index (χ1) is 6.71. The van der Waals surface area contributed by atoms with E-state index in [0.717, 1.165) is 11.1 Å². The number of hydrogen-bond acceptors (Lipinski definition) is 2. The average molecular weight is 247 g/mol. The molecule has 0 amide bonds. The van der Waals surface area contributed by atoms with Crippen molar-refractivity contribution in [3.8, 4) is 0 Å². The monoisotopic (exact) mass is 246 g/mol. The highest BCUT2D eigenvalue weighted by Crippen LogP contribution is 2.26. The van der Waals surface area contributed by atoms with Crippen LogP contribution >= 0.6 is 10.7 Å². The normalized spacial score (nSPS) is 12.8. The summed E-state index contributed by atoms with van der Waals surface area (Å²) in [6.45, 7) is 5.74. The van der Waals surface area contributed by atoms with Gasteiger partial charge in [0.05, 0.1) is 5.75 Å². The fourth-order valence-electron chi connectivity index (χ4n) is 1.52. The average Bonchev–Trinajstić information content (AvgIpc) is 2.00. The molecule has 0 aromatic heterocycles. The molecule has 0 aliphatic rings. The Balaban J connectivity index is 3.00. The first-order valence-corrected chi connectivity index (χ1v) is 7.18. The summed E-state index contributed by atoms with van der Waals surface area (Å²) >= 11 is 0. The van der Waals surface area contributed by atoms with E-state index in [-0.39, 0.29) is 5.75 Å². The Hall–Kier alpha value is -0.540. The van der Waals surface area contributed by atoms with Crippen molar-refractivity contribution in [2.24, 2.45) is 0 Å². The molecule has 0 N–H and O–H groups in total. The fourth-order valence-corrected chi connectivity index (χ4v) is 3.37. The molecule has 0 aliphatic carbocycles. The van der Waals surface area contributed by atoms with Crippen molar-refractivity contribution in [1.82, 2.24) is 0 Å². The van der Waals surface area contributed by atoms with Gasteiger partial charge >= 0.3 is 0 Å². The van der Waals surface area contributed by atoms with Crippen LogP contribution in [0, 0.1) is 6.92 Å². The van der Waals surface area contributed by atoms with E-state index in [0.29, 0.717) is 0 Å². The van der Waals surface area contributed by atoms with Crippen LogP contribution in [0.4, 0.5) is 0 Å². The lowest BCUT2D eigenvalue weighted by Crippen LogP contribution is -2.25. The second-order valence-electron chi connectivity index (χ2n) is 4.43. The maximum atomic E-state index is 11.1. The quantitative estimate of drug-likeness (QED) is 0.769. The largest absolute Gasteiger partial charge is 0.233 e. The Morgan fingerprint density at radius 3 is 2.07 bits per heavy atom. The SMILES string of the molecule is Cc1ccc(C(C)(C)CS(=O)(=O)Cl)cc1. The lowest BCUT2D eigenvalue weighted by atomic mass is 9.86. The summed E-state index contributed by atoms with van der Waals surface area (Å²) in [5.74, 6) is -0.0510. The molecule has 1 rings (SSSR count). The zero-order valence-corrected chi connectivity index (χ0v) is 10.7. The Labute approximate surface area is 95.7 Å². The molecule has 0 atom stereocenters. The smallest absolute Gasteiger partial charge is 0.212 e. The molecular formula is C11H15ClO2S. The molecule has 0 unspecified atom stereocenters. The van der Waals surface area contributed by atoms with Crippen molar-refractivity contribution in [3.63, 3.8) is 0 Å². The van der Waals surface area contributed by atoms with E-state index in [1.807, 2.05) is 45.0 Å². The zero-order valence-electron chi connectivity index (χ0n) is 9.12. The molecule has 0 spiro atoms. The predicted molar refractivity (Wildman–Crippen MR) is 63.8 cm³/mol. The molecule has 0 saturated carbocycles. The lowest BCUT2D eigenvalue weighted by molar-refractivity contribution is 0.558. The number of hydrogen-bond donors (Lipinski definition) is 0. The molecule has 0 aliphatic heterocycles. The lowest BCUT2D eigenvalue weighted by Gasteiger charge is -2.23. The standard InChI is InChI=1S/C11H15ClO2S/c1-9-4-6-10(7-5-9)11(2,3)8-15(12,13)14/h4-7H,8H2,1-3H3. The van der Waals surface area contributed by atoms with Crippen molar-refractivity contribution in [3.05, 3.63) is 35.4 Å². The predicted octanol–water partition coefficient (Wildman–Crippen LogP) is 2.84. The van der Waals surface area contributed by atoms with Crippen LogP contribution in [-0.2, 0) is 14.5 Å². The molecular weight excluding hydrogens is 232 g/mol. The zero-order chi connectivity index (χ0) is 11.7. The van der Waals surface area contributed by atoms with Gasteiger partial charge in [0.15, 0.2) is 0 Å². The van der Waals surface area contributed by atoms with Gasteiger partial charge in [0.1, 0.15) is 0 Å². The minimum atomic E-state index is -3.47. The van der Waals surface area contributed by atoms with E-state index in [1.165, 1.54) is 0 Å². The van der Waals surface area contributed by atoms with Crippen LogP contribution in [0.5, 0.6) is 0 Å². The van der Waals surface area contributed by atoms with E-state index in [2.05, 4.69) is 0 Å². The molecule has 0 saturated heterocycles. The van der Waals surface area contributed by atoms with Crippen LogP contribution in [0.3, 0.4) is 0 Å². The van der Waals surface area contributed by atoms with Gasteiger partial charge < -0.3 is 0 Å². The molecule has 0 fully saturated rings. The minimum Gasteiger partial charge on any atom is -0.212 e. The molecule has 0 heterocycles. The number of rotatable bonds is 3. The maximum absolute atomic E-state index is 11.1. The van der Waals surface area contributed by atoms with Crippen LogP contribution < -0.4 is 0 Å². The summed E-state index contributed by atoms with van der Waals surface area (Å²) in [6, 6.07) is 7.82. The van der Waals surface area contributed by atoms with E-state index in [9.17, 15) is 8.42 Å². The highest BCUT2D eigenvalue weighted by atomic mass is 35.7. The first kappa shape index (κ1) is 12.5. The van der Waals surface area contributed by atoms with Crippen LogP contribution in [-0.4, -0.2) is 14.2 Å². The Bertz CT molecular complexity index is 432. The van der Waals surface area contributed by atoms with Gasteiger partial charge in [0.2, 0.25) is 9.05 Å². The van der Waals surface area contributed by atoms with Crippen molar-refractivity contribution in [2.45, 2.75) is 26.2 Å². The Morgan fingerprint density at radius 2 is 1.67 bits per heavy atom. The number of halogens is 1. The van der Waals surface area contributed by atoms with Gasteiger partial charge in [-0.15, -0.1) is 0 Å². The Kier molecular flexibility index (Phi) is 3.46. The van der Waals surface area contributed by atoms with Gasteiger partial charge in [-0.25, -0.2) is 8.42 Å². The van der Waals surface area contributed by atoms with E-state index in [1.54, 1.807) is 0 Å². The number of benzene rings is 1. The summed E-state index contributed by atoms with van der Waals surface area (Å²) in [7, 11) is 1.80. The van der Waals surface area contributed by atoms with Gasteiger partial charge in [-0.3, -0.25) is 0 Å². The molecule has 4 heteroatoms. The van der Waals surface area contributed by atoms with Gasteiger partial charge in [-0.05, 0) is 12.5 Å². The van der Waals surface area contributed by atoms with Crippen molar-refractivity contribution < 1.29 is 8.42 Å². The van der Waals surface area contributed by atoms with Crippen LogP contribution in [0.25, 0.3) is 0 Å². The highest BCUT2D eigenvalue weighted by Gasteiger charge is 2.26. The minimum absolute atomic E-state index is 0.0510. The summed E-state index contributed by atoms with van der Waals surface area (Å²) < 4.78 is 22.1. The third-order valence-electron chi connectivity index (χ3n) is 2.37. The van der Waals surface area contributed by atoms with Gasteiger partial charge in [0.25, 0.3) is 0 Å². The van der Waals surface area contributed by atoms with Crippen LogP contribution in [0.2, 0.25) is 0 Å². The van der Waals surface area contributed by atoms with E-state index >= 15 is 0 Å². The second kappa shape index (κ2) is 4.14. The van der Waals surface area contributed by atoms with Crippen LogP contribution in [0.1, 0.15) is 25.0 Å². The molecule has 84 valence electrons. The van der Waals surface area contributed by atoms with E-state index in [4.69, 9.17) is 10.7 Å². The van der Waals surface area contributed by atoms with Crippen molar-refractivity contribution >= 4 is 19.7 Å². The van der Waals surface area contributed by atoms with Crippen LogP contribution in [0.15, 0.2) is 24.3 Å². The van der Waals surface area contributed by atoms with Gasteiger partial charge in [-0.2, -0.15) is 0 Å². The van der Waals surface area contributed by atoms with Crippen molar-refractivity contribution in [2.75, 3.05) is 5.75 Å². The van der Waals surface area contributed by atoms with Gasteiger partial charge in [-0.1, -0.05) is 43.7 Å². The maximum Gasteiger partial charge on any atom is 0.233 e. The molecule has 1 aromatic carbocycles. The summed E-state index contributed by atoms with van der Waals surface area (Å²) in [5.41, 5.74) is 1.69. The highest BCUT2D eigenvalue weighted by molar-refractivity contribution is 8.13. The second-order valence-corrected chi connectivity index (χ2v) is 7.21. The molecule has 1 aromatic rings. The van der Waals surface area contributed by atoms with E-state index < -0.39 is 14.5 Å². The summed E-state index contributed by atoms with van der Waals surface area (Å²) in [4.78, 5) is 0. The molecule has 0 radical (unpaired) electrons. The molecule has 15 heavy (non-hydrogen) atoms. The summed E-state index contributed by atoms with van der Waals surface area (Å²) in [5, 5.41) is 0.